The van der Waals surface area contributed by atoms with Crippen LogP contribution in [0.1, 0.15) is 40.6 Å². The van der Waals surface area contributed by atoms with Crippen LogP contribution in [0.25, 0.3) is 0 Å². The summed E-state index contributed by atoms with van der Waals surface area (Å²) >= 11 is 0. The fourth-order valence-corrected chi connectivity index (χ4v) is 2.77. The van der Waals surface area contributed by atoms with Crippen LogP contribution in [0.5, 0.6) is 0 Å². The van der Waals surface area contributed by atoms with Gasteiger partial charge < -0.3 is 14.5 Å². The Morgan fingerprint density at radius 2 is 1.96 bits per heavy atom. The molecule has 0 aliphatic rings. The van der Waals surface area contributed by atoms with Crippen molar-refractivity contribution in [2.45, 2.75) is 39.2 Å². The maximum atomic E-state index is 12.3. The summed E-state index contributed by atoms with van der Waals surface area (Å²) in [7, 11) is 1.56. The third-order valence-corrected chi connectivity index (χ3v) is 3.95. The van der Waals surface area contributed by atoms with E-state index in [0.29, 0.717) is 24.4 Å². The Hall–Kier alpha value is -2.40. The Morgan fingerprint density at radius 1 is 1.24 bits per heavy atom. The van der Waals surface area contributed by atoms with E-state index in [1.54, 1.807) is 20.1 Å². The Kier molecular flexibility index (Phi) is 6.95. The summed E-state index contributed by atoms with van der Waals surface area (Å²) in [4.78, 5) is 24.5. The van der Waals surface area contributed by atoms with Crippen LogP contribution in [0.3, 0.4) is 0 Å². The SMILES string of the molecule is COCC(C)NC(=O)c1c(C)cc(CCCc2ccccc2)oc1=O. The summed E-state index contributed by atoms with van der Waals surface area (Å²) in [5.74, 6) is 0.187. The van der Waals surface area contributed by atoms with Crippen LogP contribution in [0.4, 0.5) is 0 Å². The molecular formula is C20H25NO4. The van der Waals surface area contributed by atoms with Crippen LogP contribution in [-0.4, -0.2) is 25.7 Å². The molecule has 1 aromatic heterocycles. The number of aryl methyl sites for hydroxylation is 3. The highest BCUT2D eigenvalue weighted by molar-refractivity contribution is 5.95. The first-order valence-electron chi connectivity index (χ1n) is 8.48. The van der Waals surface area contributed by atoms with Crippen molar-refractivity contribution in [3.8, 4) is 0 Å². The number of hydrogen-bond acceptors (Lipinski definition) is 4. The van der Waals surface area contributed by atoms with E-state index in [0.717, 1.165) is 12.8 Å². The molecule has 0 saturated carbocycles. The highest BCUT2D eigenvalue weighted by Gasteiger charge is 2.18. The van der Waals surface area contributed by atoms with Gasteiger partial charge in [0.1, 0.15) is 11.3 Å². The van der Waals surface area contributed by atoms with E-state index in [9.17, 15) is 9.59 Å². The molecule has 2 rings (SSSR count). The van der Waals surface area contributed by atoms with Crippen molar-refractivity contribution in [1.82, 2.24) is 5.32 Å². The van der Waals surface area contributed by atoms with E-state index < -0.39 is 11.5 Å². The van der Waals surface area contributed by atoms with E-state index in [4.69, 9.17) is 9.15 Å². The van der Waals surface area contributed by atoms with Crippen molar-refractivity contribution in [1.29, 1.82) is 0 Å². The lowest BCUT2D eigenvalue weighted by atomic mass is 10.1. The highest BCUT2D eigenvalue weighted by Crippen LogP contribution is 2.11. The molecule has 2 aromatic rings. The molecule has 0 aliphatic heterocycles. The summed E-state index contributed by atoms with van der Waals surface area (Å²) in [5.41, 5.74) is 1.37. The van der Waals surface area contributed by atoms with Gasteiger partial charge in [0, 0.05) is 19.6 Å². The van der Waals surface area contributed by atoms with Gasteiger partial charge in [-0.15, -0.1) is 0 Å². The first-order chi connectivity index (χ1) is 12.0. The van der Waals surface area contributed by atoms with Gasteiger partial charge in [0.2, 0.25) is 0 Å². The molecule has 0 bridgehead atoms. The van der Waals surface area contributed by atoms with Gasteiger partial charge >= 0.3 is 5.63 Å². The van der Waals surface area contributed by atoms with Gasteiger partial charge in [-0.3, -0.25) is 4.79 Å². The highest BCUT2D eigenvalue weighted by atomic mass is 16.5. The van der Waals surface area contributed by atoms with Crippen molar-refractivity contribution in [2.24, 2.45) is 0 Å². The zero-order valence-electron chi connectivity index (χ0n) is 15.0. The molecule has 134 valence electrons. The molecule has 1 atom stereocenters. The van der Waals surface area contributed by atoms with Crippen LogP contribution in [0.15, 0.2) is 45.6 Å². The van der Waals surface area contributed by atoms with Crippen molar-refractivity contribution in [2.75, 3.05) is 13.7 Å². The van der Waals surface area contributed by atoms with Crippen LogP contribution in [-0.2, 0) is 17.6 Å². The third kappa shape index (κ3) is 5.57. The van der Waals surface area contributed by atoms with Gasteiger partial charge in [-0.1, -0.05) is 30.3 Å². The fourth-order valence-electron chi connectivity index (χ4n) is 2.77. The smallest absolute Gasteiger partial charge is 0.349 e. The minimum atomic E-state index is -0.586. The minimum absolute atomic E-state index is 0.0646. The second-order valence-electron chi connectivity index (χ2n) is 6.23. The lowest BCUT2D eigenvalue weighted by molar-refractivity contribution is 0.0900. The maximum absolute atomic E-state index is 12.3. The van der Waals surface area contributed by atoms with Crippen LogP contribution in [0, 0.1) is 6.92 Å². The molecule has 1 aromatic carbocycles. The summed E-state index contributed by atoms with van der Waals surface area (Å²) < 4.78 is 10.3. The number of ether oxygens (including phenoxy) is 1. The molecule has 1 heterocycles. The number of hydrogen-bond donors (Lipinski definition) is 1. The number of methoxy groups -OCH3 is 1. The first kappa shape index (κ1) is 18.9. The van der Waals surface area contributed by atoms with Crippen molar-refractivity contribution < 1.29 is 13.9 Å². The topological polar surface area (TPSA) is 68.5 Å². The zero-order valence-corrected chi connectivity index (χ0v) is 15.0. The second kappa shape index (κ2) is 9.18. The maximum Gasteiger partial charge on any atom is 0.349 e. The summed E-state index contributed by atoms with van der Waals surface area (Å²) in [6.07, 6.45) is 2.45. The number of rotatable bonds is 8. The molecule has 0 fully saturated rings. The van der Waals surface area contributed by atoms with Gasteiger partial charge in [0.15, 0.2) is 0 Å². The van der Waals surface area contributed by atoms with E-state index >= 15 is 0 Å². The standard InChI is InChI=1S/C20H25NO4/c1-14-12-17(11-7-10-16-8-5-4-6-9-16)25-20(23)18(14)19(22)21-15(2)13-24-3/h4-6,8-9,12,15H,7,10-11,13H2,1-3H3,(H,21,22). The monoisotopic (exact) mass is 343 g/mol. The van der Waals surface area contributed by atoms with Crippen molar-refractivity contribution >= 4 is 5.91 Å². The lowest BCUT2D eigenvalue weighted by Crippen LogP contribution is -2.38. The quantitative estimate of drug-likeness (QED) is 0.800. The van der Waals surface area contributed by atoms with Gasteiger partial charge in [-0.2, -0.15) is 0 Å². The molecule has 25 heavy (non-hydrogen) atoms. The van der Waals surface area contributed by atoms with Crippen molar-refractivity contribution in [3.05, 3.63) is 69.3 Å². The molecule has 1 amide bonds. The number of carbonyl (C=O) groups excluding carboxylic acids is 1. The predicted octanol–water partition coefficient (Wildman–Crippen LogP) is 2.89. The number of nitrogens with one attached hydrogen (secondary N) is 1. The molecule has 0 aliphatic carbocycles. The van der Waals surface area contributed by atoms with Crippen LogP contribution >= 0.6 is 0 Å². The minimum Gasteiger partial charge on any atom is -0.427 e. The summed E-state index contributed by atoms with van der Waals surface area (Å²) in [5, 5.41) is 2.74. The molecular weight excluding hydrogens is 318 g/mol. The first-order valence-corrected chi connectivity index (χ1v) is 8.48. The van der Waals surface area contributed by atoms with Gasteiger partial charge in [-0.05, 0) is 43.9 Å². The average molecular weight is 343 g/mol. The molecule has 5 nitrogen and oxygen atoms in total. The second-order valence-corrected chi connectivity index (χ2v) is 6.23. The Labute approximate surface area is 148 Å². The zero-order chi connectivity index (χ0) is 18.2. The van der Waals surface area contributed by atoms with Gasteiger partial charge in [0.25, 0.3) is 5.91 Å². The van der Waals surface area contributed by atoms with E-state index in [1.807, 2.05) is 25.1 Å². The van der Waals surface area contributed by atoms with E-state index in [-0.39, 0.29) is 11.6 Å². The van der Waals surface area contributed by atoms with Crippen molar-refractivity contribution in [3.63, 3.8) is 0 Å². The number of benzene rings is 1. The normalized spacial score (nSPS) is 12.0. The Bertz CT molecular complexity index is 752. The largest absolute Gasteiger partial charge is 0.427 e. The van der Waals surface area contributed by atoms with E-state index in [1.165, 1.54) is 5.56 Å². The van der Waals surface area contributed by atoms with Gasteiger partial charge in [-0.25, -0.2) is 4.79 Å². The molecule has 0 saturated heterocycles. The molecule has 1 unspecified atom stereocenters. The van der Waals surface area contributed by atoms with Crippen LogP contribution < -0.4 is 10.9 Å². The summed E-state index contributed by atoms with van der Waals surface area (Å²) in [6, 6.07) is 11.8. The Morgan fingerprint density at radius 3 is 2.60 bits per heavy atom. The fraction of sp³-hybridized carbons (Fsp3) is 0.400. The summed E-state index contributed by atoms with van der Waals surface area (Å²) in [6.45, 7) is 3.96. The lowest BCUT2D eigenvalue weighted by Gasteiger charge is -2.13. The molecule has 5 heteroatoms. The molecule has 0 radical (unpaired) electrons. The Balaban J connectivity index is 2.01. The molecule has 0 spiro atoms. The van der Waals surface area contributed by atoms with Crippen LogP contribution in [0.2, 0.25) is 0 Å². The number of carbonyl (C=O) groups is 1. The third-order valence-electron chi connectivity index (χ3n) is 3.95. The average Bonchev–Trinajstić information content (AvgIpc) is 2.55. The number of amides is 1. The predicted molar refractivity (Wildman–Crippen MR) is 97.0 cm³/mol. The van der Waals surface area contributed by atoms with E-state index in [2.05, 4.69) is 17.4 Å². The molecule has 1 N–H and O–H groups in total. The van der Waals surface area contributed by atoms with Gasteiger partial charge in [0.05, 0.1) is 6.61 Å².